The first-order valence-electron chi connectivity index (χ1n) is 7.20. The molecule has 1 aromatic carbocycles. The van der Waals surface area contributed by atoms with E-state index in [0.29, 0.717) is 17.8 Å². The number of hydrogen-bond acceptors (Lipinski definition) is 2. The molecule has 0 amide bonds. The second-order valence-electron chi connectivity index (χ2n) is 5.79. The Bertz CT molecular complexity index is 360. The summed E-state index contributed by atoms with van der Waals surface area (Å²) in [5, 5.41) is 13.0. The molecule has 0 spiro atoms. The van der Waals surface area contributed by atoms with Gasteiger partial charge in [-0.2, -0.15) is 0 Å². The van der Waals surface area contributed by atoms with Crippen molar-refractivity contribution < 1.29 is 5.11 Å². The first-order valence-corrected chi connectivity index (χ1v) is 7.20. The maximum absolute atomic E-state index is 9.31. The predicted octanol–water partition coefficient (Wildman–Crippen LogP) is 4.01. The van der Waals surface area contributed by atoms with Crippen LogP contribution in [0.25, 0.3) is 0 Å². The SMILES string of the molecule is CC1CCCC(NC(C)c2ccc(O)cc2)CC1. The molecule has 1 aromatic rings. The van der Waals surface area contributed by atoms with Gasteiger partial charge in [-0.3, -0.25) is 0 Å². The van der Waals surface area contributed by atoms with Crippen LogP contribution in [-0.4, -0.2) is 11.1 Å². The van der Waals surface area contributed by atoms with Crippen LogP contribution in [0.2, 0.25) is 0 Å². The van der Waals surface area contributed by atoms with Crippen molar-refractivity contribution in [1.82, 2.24) is 5.32 Å². The molecule has 0 saturated heterocycles. The normalized spacial score (nSPS) is 26.6. The Morgan fingerprint density at radius 1 is 1.11 bits per heavy atom. The van der Waals surface area contributed by atoms with E-state index in [1.54, 1.807) is 12.1 Å². The van der Waals surface area contributed by atoms with Gasteiger partial charge in [0.2, 0.25) is 0 Å². The van der Waals surface area contributed by atoms with Gasteiger partial charge in [0.05, 0.1) is 0 Å². The van der Waals surface area contributed by atoms with Crippen molar-refractivity contribution in [3.63, 3.8) is 0 Å². The molecule has 2 heteroatoms. The van der Waals surface area contributed by atoms with Crippen LogP contribution in [0, 0.1) is 5.92 Å². The third-order valence-electron chi connectivity index (χ3n) is 4.14. The average molecular weight is 247 g/mol. The fourth-order valence-electron chi connectivity index (χ4n) is 2.87. The fourth-order valence-corrected chi connectivity index (χ4v) is 2.87. The van der Waals surface area contributed by atoms with Gasteiger partial charge in [-0.05, 0) is 49.8 Å². The maximum Gasteiger partial charge on any atom is 0.115 e. The summed E-state index contributed by atoms with van der Waals surface area (Å²) < 4.78 is 0. The molecule has 2 rings (SSSR count). The Morgan fingerprint density at radius 2 is 1.83 bits per heavy atom. The van der Waals surface area contributed by atoms with Crippen LogP contribution in [0.5, 0.6) is 5.75 Å². The lowest BCUT2D eigenvalue weighted by Gasteiger charge is -2.22. The van der Waals surface area contributed by atoms with Gasteiger partial charge in [0.15, 0.2) is 0 Å². The van der Waals surface area contributed by atoms with Gasteiger partial charge in [-0.15, -0.1) is 0 Å². The molecule has 0 radical (unpaired) electrons. The van der Waals surface area contributed by atoms with E-state index in [0.717, 1.165) is 5.92 Å². The van der Waals surface area contributed by atoms with Crippen molar-refractivity contribution in [2.45, 2.75) is 58.0 Å². The van der Waals surface area contributed by atoms with E-state index in [2.05, 4.69) is 19.2 Å². The fraction of sp³-hybridized carbons (Fsp3) is 0.625. The molecule has 2 nitrogen and oxygen atoms in total. The van der Waals surface area contributed by atoms with Gasteiger partial charge in [0.1, 0.15) is 5.75 Å². The molecule has 0 aliphatic heterocycles. The molecule has 1 saturated carbocycles. The molecule has 1 aliphatic rings. The van der Waals surface area contributed by atoms with E-state index in [4.69, 9.17) is 0 Å². The Morgan fingerprint density at radius 3 is 2.56 bits per heavy atom. The summed E-state index contributed by atoms with van der Waals surface area (Å²) in [7, 11) is 0. The molecule has 0 aromatic heterocycles. The van der Waals surface area contributed by atoms with E-state index in [-0.39, 0.29) is 0 Å². The monoisotopic (exact) mass is 247 g/mol. The lowest BCUT2D eigenvalue weighted by Crippen LogP contribution is -2.31. The highest BCUT2D eigenvalue weighted by atomic mass is 16.3. The Kier molecular flexibility index (Phi) is 4.65. The lowest BCUT2D eigenvalue weighted by atomic mass is 10.0. The highest BCUT2D eigenvalue weighted by Gasteiger charge is 2.18. The van der Waals surface area contributed by atoms with E-state index in [1.807, 2.05) is 12.1 Å². The van der Waals surface area contributed by atoms with Crippen LogP contribution < -0.4 is 5.32 Å². The second kappa shape index (κ2) is 6.24. The van der Waals surface area contributed by atoms with E-state index in [1.165, 1.54) is 37.7 Å². The van der Waals surface area contributed by atoms with Crippen molar-refractivity contribution in [3.05, 3.63) is 29.8 Å². The van der Waals surface area contributed by atoms with E-state index in [9.17, 15) is 5.11 Å². The van der Waals surface area contributed by atoms with Crippen LogP contribution in [0.15, 0.2) is 24.3 Å². The lowest BCUT2D eigenvalue weighted by molar-refractivity contribution is 0.407. The number of nitrogens with one attached hydrogen (secondary N) is 1. The van der Waals surface area contributed by atoms with Crippen molar-refractivity contribution >= 4 is 0 Å². The molecule has 0 bridgehead atoms. The van der Waals surface area contributed by atoms with E-state index < -0.39 is 0 Å². The molecule has 18 heavy (non-hydrogen) atoms. The molecule has 3 unspecified atom stereocenters. The molecule has 1 fully saturated rings. The maximum atomic E-state index is 9.31. The van der Waals surface area contributed by atoms with Crippen molar-refractivity contribution in [1.29, 1.82) is 0 Å². The van der Waals surface area contributed by atoms with Gasteiger partial charge in [0, 0.05) is 12.1 Å². The van der Waals surface area contributed by atoms with Crippen LogP contribution in [0.4, 0.5) is 0 Å². The zero-order valence-electron chi connectivity index (χ0n) is 11.5. The first kappa shape index (κ1) is 13.4. The number of phenols is 1. The molecule has 1 aliphatic carbocycles. The Labute approximate surface area is 110 Å². The molecule has 0 heterocycles. The topological polar surface area (TPSA) is 32.3 Å². The minimum Gasteiger partial charge on any atom is -0.508 e. The Hall–Kier alpha value is -1.02. The van der Waals surface area contributed by atoms with Crippen LogP contribution in [-0.2, 0) is 0 Å². The smallest absolute Gasteiger partial charge is 0.115 e. The van der Waals surface area contributed by atoms with E-state index >= 15 is 0 Å². The average Bonchev–Trinajstić information content (AvgIpc) is 2.55. The summed E-state index contributed by atoms with van der Waals surface area (Å²) in [6.45, 7) is 4.58. The number of rotatable bonds is 3. The summed E-state index contributed by atoms with van der Waals surface area (Å²) in [6.07, 6.45) is 6.67. The molecular formula is C16H25NO. The van der Waals surface area contributed by atoms with Crippen molar-refractivity contribution in [2.75, 3.05) is 0 Å². The van der Waals surface area contributed by atoms with Gasteiger partial charge in [-0.25, -0.2) is 0 Å². The van der Waals surface area contributed by atoms with Crippen molar-refractivity contribution in [3.8, 4) is 5.75 Å². The third kappa shape index (κ3) is 3.74. The second-order valence-corrected chi connectivity index (χ2v) is 5.79. The zero-order valence-corrected chi connectivity index (χ0v) is 11.5. The van der Waals surface area contributed by atoms with Gasteiger partial charge in [-0.1, -0.05) is 31.9 Å². The summed E-state index contributed by atoms with van der Waals surface area (Å²) in [5.74, 6) is 1.23. The number of phenolic OH excluding ortho intramolecular Hbond substituents is 1. The summed E-state index contributed by atoms with van der Waals surface area (Å²) in [6, 6.07) is 8.56. The number of aromatic hydroxyl groups is 1. The predicted molar refractivity (Wildman–Crippen MR) is 75.7 cm³/mol. The summed E-state index contributed by atoms with van der Waals surface area (Å²) >= 11 is 0. The van der Waals surface area contributed by atoms with Crippen molar-refractivity contribution in [2.24, 2.45) is 5.92 Å². The molecule has 3 atom stereocenters. The van der Waals surface area contributed by atoms with Gasteiger partial charge >= 0.3 is 0 Å². The molecule has 2 N–H and O–H groups in total. The minimum atomic E-state index is 0.342. The summed E-state index contributed by atoms with van der Waals surface area (Å²) in [5.41, 5.74) is 1.25. The molecule has 100 valence electrons. The van der Waals surface area contributed by atoms with Crippen LogP contribution >= 0.6 is 0 Å². The van der Waals surface area contributed by atoms with Crippen LogP contribution in [0.1, 0.15) is 57.6 Å². The standard InChI is InChI=1S/C16H25NO/c1-12-4-3-5-15(9-6-12)17-13(2)14-7-10-16(18)11-8-14/h7-8,10-13,15,17-18H,3-6,9H2,1-2H3. The highest BCUT2D eigenvalue weighted by molar-refractivity contribution is 5.27. The third-order valence-corrected chi connectivity index (χ3v) is 4.14. The Balaban J connectivity index is 1.90. The minimum absolute atomic E-state index is 0.342. The van der Waals surface area contributed by atoms with Crippen LogP contribution in [0.3, 0.4) is 0 Å². The summed E-state index contributed by atoms with van der Waals surface area (Å²) in [4.78, 5) is 0. The van der Waals surface area contributed by atoms with Gasteiger partial charge < -0.3 is 10.4 Å². The largest absolute Gasteiger partial charge is 0.508 e. The number of benzene rings is 1. The molecular weight excluding hydrogens is 222 g/mol. The van der Waals surface area contributed by atoms with Gasteiger partial charge in [0.25, 0.3) is 0 Å². The first-order chi connectivity index (χ1) is 8.65. The number of hydrogen-bond donors (Lipinski definition) is 2. The highest BCUT2D eigenvalue weighted by Crippen LogP contribution is 2.25. The zero-order chi connectivity index (χ0) is 13.0. The quantitative estimate of drug-likeness (QED) is 0.791.